The number of Topliss-reactive ketones (excluding diaryl/α,β-unsaturated/α-hetero) is 1. The van der Waals surface area contributed by atoms with Crippen LogP contribution < -0.4 is 9.64 Å². The molecular formula is C26H22ClNO4. The van der Waals surface area contributed by atoms with E-state index in [0.717, 1.165) is 11.1 Å². The van der Waals surface area contributed by atoms with Crippen LogP contribution in [-0.2, 0) is 9.59 Å². The standard InChI is InChI=1S/C26H22ClNO4/c1-15-12-16(2)14-20(13-15)28-23(17-6-10-21(32-3)11-7-17)22(25(30)26(28)31)24(29)18-4-8-19(27)9-5-18/h4-14,23,29H,1-3H3/b24-22+. The van der Waals surface area contributed by atoms with Crippen molar-refractivity contribution in [3.05, 3.63) is 99.6 Å². The number of carbonyl (C=O) groups excluding carboxylic acids is 2. The third kappa shape index (κ3) is 3.87. The minimum Gasteiger partial charge on any atom is -0.507 e. The third-order valence-electron chi connectivity index (χ3n) is 5.48. The van der Waals surface area contributed by atoms with Crippen LogP contribution >= 0.6 is 11.6 Å². The van der Waals surface area contributed by atoms with Crippen LogP contribution in [0.15, 0.2) is 72.3 Å². The van der Waals surface area contributed by atoms with Crippen LogP contribution in [0.3, 0.4) is 0 Å². The Morgan fingerprint density at radius 1 is 0.938 bits per heavy atom. The molecule has 0 spiro atoms. The zero-order chi connectivity index (χ0) is 23.0. The van der Waals surface area contributed by atoms with Gasteiger partial charge in [0.1, 0.15) is 11.5 Å². The van der Waals surface area contributed by atoms with Crippen LogP contribution in [0.25, 0.3) is 5.76 Å². The molecule has 3 aromatic carbocycles. The predicted octanol–water partition coefficient (Wildman–Crippen LogP) is 5.59. The Hall–Kier alpha value is -3.57. The number of rotatable bonds is 4. The molecular weight excluding hydrogens is 426 g/mol. The summed E-state index contributed by atoms with van der Waals surface area (Å²) in [6.07, 6.45) is 0. The van der Waals surface area contributed by atoms with E-state index in [1.165, 1.54) is 4.90 Å². The summed E-state index contributed by atoms with van der Waals surface area (Å²) in [5.74, 6) is -1.02. The van der Waals surface area contributed by atoms with E-state index in [9.17, 15) is 14.7 Å². The van der Waals surface area contributed by atoms with E-state index in [-0.39, 0.29) is 11.3 Å². The van der Waals surface area contributed by atoms with Crippen LogP contribution in [0, 0.1) is 13.8 Å². The Labute approximate surface area is 191 Å². The van der Waals surface area contributed by atoms with E-state index in [4.69, 9.17) is 16.3 Å². The lowest BCUT2D eigenvalue weighted by molar-refractivity contribution is -0.132. The van der Waals surface area contributed by atoms with Crippen LogP contribution in [0.1, 0.15) is 28.3 Å². The number of aliphatic hydroxyl groups excluding tert-OH is 1. The highest BCUT2D eigenvalue weighted by Gasteiger charge is 2.47. The molecule has 0 aliphatic carbocycles. The molecule has 0 bridgehead atoms. The Morgan fingerprint density at radius 2 is 1.53 bits per heavy atom. The second kappa shape index (κ2) is 8.52. The first-order valence-electron chi connectivity index (χ1n) is 10.1. The number of carbonyl (C=O) groups is 2. The molecule has 5 nitrogen and oxygen atoms in total. The molecule has 1 fully saturated rings. The maximum Gasteiger partial charge on any atom is 0.300 e. The number of aliphatic hydroxyl groups is 1. The largest absolute Gasteiger partial charge is 0.507 e. The Balaban J connectivity index is 1.95. The van der Waals surface area contributed by atoms with Crippen molar-refractivity contribution in [1.82, 2.24) is 0 Å². The highest BCUT2D eigenvalue weighted by molar-refractivity contribution is 6.51. The summed E-state index contributed by atoms with van der Waals surface area (Å²) in [6.45, 7) is 3.87. The zero-order valence-electron chi connectivity index (χ0n) is 17.9. The van der Waals surface area contributed by atoms with Gasteiger partial charge < -0.3 is 9.84 Å². The molecule has 0 aromatic heterocycles. The number of halogens is 1. The number of ether oxygens (including phenoxy) is 1. The molecule has 0 saturated carbocycles. The summed E-state index contributed by atoms with van der Waals surface area (Å²) in [4.78, 5) is 27.9. The third-order valence-corrected chi connectivity index (χ3v) is 5.73. The number of methoxy groups -OCH3 is 1. The highest BCUT2D eigenvalue weighted by Crippen LogP contribution is 2.43. The van der Waals surface area contributed by atoms with E-state index in [1.54, 1.807) is 55.6 Å². The number of hydrogen-bond donors (Lipinski definition) is 1. The molecule has 1 heterocycles. The van der Waals surface area contributed by atoms with Gasteiger partial charge in [-0.3, -0.25) is 14.5 Å². The number of benzene rings is 3. The van der Waals surface area contributed by atoms with E-state index in [0.29, 0.717) is 27.6 Å². The van der Waals surface area contributed by atoms with Crippen LogP contribution in [0.5, 0.6) is 5.75 Å². The van der Waals surface area contributed by atoms with Crippen molar-refractivity contribution in [3.63, 3.8) is 0 Å². The minimum atomic E-state index is -0.794. The molecule has 1 aliphatic rings. The van der Waals surface area contributed by atoms with Gasteiger partial charge in [-0.2, -0.15) is 0 Å². The van der Waals surface area contributed by atoms with Gasteiger partial charge in [-0.05, 0) is 79.1 Å². The second-order valence-electron chi connectivity index (χ2n) is 7.80. The number of hydrogen-bond acceptors (Lipinski definition) is 4. The Kier molecular flexibility index (Phi) is 5.76. The molecule has 1 amide bonds. The lowest BCUT2D eigenvalue weighted by Crippen LogP contribution is -2.29. The van der Waals surface area contributed by atoms with E-state index in [1.807, 2.05) is 32.0 Å². The molecule has 1 aliphatic heterocycles. The number of amides is 1. The molecule has 1 N–H and O–H groups in total. The fourth-order valence-electron chi connectivity index (χ4n) is 4.05. The maximum absolute atomic E-state index is 13.2. The van der Waals surface area contributed by atoms with Gasteiger partial charge in [0.2, 0.25) is 0 Å². The second-order valence-corrected chi connectivity index (χ2v) is 8.23. The smallest absolute Gasteiger partial charge is 0.300 e. The van der Waals surface area contributed by atoms with Crippen LogP contribution in [0.4, 0.5) is 5.69 Å². The van der Waals surface area contributed by atoms with Crippen LogP contribution in [0.2, 0.25) is 5.02 Å². The molecule has 0 radical (unpaired) electrons. The number of aryl methyl sites for hydroxylation is 2. The van der Waals surface area contributed by atoms with Crippen molar-refractivity contribution in [3.8, 4) is 5.75 Å². The molecule has 32 heavy (non-hydrogen) atoms. The van der Waals surface area contributed by atoms with Gasteiger partial charge >= 0.3 is 0 Å². The average Bonchev–Trinajstić information content (AvgIpc) is 3.04. The highest BCUT2D eigenvalue weighted by atomic mass is 35.5. The summed E-state index contributed by atoms with van der Waals surface area (Å²) in [7, 11) is 1.57. The van der Waals surface area contributed by atoms with E-state index < -0.39 is 17.7 Å². The van der Waals surface area contributed by atoms with Crippen molar-refractivity contribution >= 4 is 34.7 Å². The molecule has 3 aromatic rings. The van der Waals surface area contributed by atoms with Crippen molar-refractivity contribution in [2.45, 2.75) is 19.9 Å². The molecule has 4 rings (SSSR count). The van der Waals surface area contributed by atoms with Gasteiger partial charge in [0.05, 0.1) is 18.7 Å². The number of nitrogens with zero attached hydrogens (tertiary/aromatic N) is 1. The fraction of sp³-hybridized carbons (Fsp3) is 0.154. The van der Waals surface area contributed by atoms with E-state index >= 15 is 0 Å². The molecule has 1 atom stereocenters. The fourth-order valence-corrected chi connectivity index (χ4v) is 4.18. The SMILES string of the molecule is COc1ccc(C2/C(=C(\O)c3ccc(Cl)cc3)C(=O)C(=O)N2c2cc(C)cc(C)c2)cc1. The van der Waals surface area contributed by atoms with Crippen molar-refractivity contribution in [2.75, 3.05) is 12.0 Å². The van der Waals surface area contributed by atoms with Gasteiger partial charge in [0, 0.05) is 16.3 Å². The summed E-state index contributed by atoms with van der Waals surface area (Å²) in [6, 6.07) is 18.5. The van der Waals surface area contributed by atoms with Gasteiger partial charge in [-0.15, -0.1) is 0 Å². The number of ketones is 1. The normalized spacial score (nSPS) is 17.6. The van der Waals surface area contributed by atoms with Gasteiger partial charge in [-0.1, -0.05) is 29.8 Å². The predicted molar refractivity (Wildman–Crippen MR) is 125 cm³/mol. The lowest BCUT2D eigenvalue weighted by atomic mass is 9.95. The topological polar surface area (TPSA) is 66.8 Å². The van der Waals surface area contributed by atoms with Crippen LogP contribution in [-0.4, -0.2) is 23.9 Å². The maximum atomic E-state index is 13.2. The first-order valence-corrected chi connectivity index (χ1v) is 10.5. The van der Waals surface area contributed by atoms with Gasteiger partial charge in [-0.25, -0.2) is 0 Å². The summed E-state index contributed by atoms with van der Waals surface area (Å²) in [5, 5.41) is 11.6. The van der Waals surface area contributed by atoms with Crippen molar-refractivity contribution < 1.29 is 19.4 Å². The Bertz CT molecular complexity index is 1210. The molecule has 1 unspecified atom stereocenters. The summed E-state index contributed by atoms with van der Waals surface area (Å²) in [5.41, 5.74) is 3.65. The zero-order valence-corrected chi connectivity index (χ0v) is 18.7. The first kappa shape index (κ1) is 21.7. The van der Waals surface area contributed by atoms with Gasteiger partial charge in [0.15, 0.2) is 0 Å². The van der Waals surface area contributed by atoms with E-state index in [2.05, 4.69) is 0 Å². The molecule has 162 valence electrons. The monoisotopic (exact) mass is 447 g/mol. The Morgan fingerprint density at radius 3 is 2.09 bits per heavy atom. The quantitative estimate of drug-likeness (QED) is 0.321. The number of anilines is 1. The summed E-state index contributed by atoms with van der Waals surface area (Å²) < 4.78 is 5.25. The lowest BCUT2D eigenvalue weighted by Gasteiger charge is -2.26. The minimum absolute atomic E-state index is 0.0293. The summed E-state index contributed by atoms with van der Waals surface area (Å²) >= 11 is 5.97. The van der Waals surface area contributed by atoms with Crippen molar-refractivity contribution in [2.24, 2.45) is 0 Å². The first-order chi connectivity index (χ1) is 15.3. The van der Waals surface area contributed by atoms with Gasteiger partial charge in [0.25, 0.3) is 11.7 Å². The van der Waals surface area contributed by atoms with Crippen molar-refractivity contribution in [1.29, 1.82) is 0 Å². The molecule has 1 saturated heterocycles. The molecule has 6 heteroatoms. The average molecular weight is 448 g/mol.